The molecule has 1 aromatic heterocycles. The molecule has 1 saturated carbocycles. The molecule has 0 amide bonds. The molecule has 5 nitrogen and oxygen atoms in total. The van der Waals surface area contributed by atoms with E-state index in [-0.39, 0.29) is 22.9 Å². The van der Waals surface area contributed by atoms with Crippen LogP contribution in [0, 0.1) is 0 Å². The van der Waals surface area contributed by atoms with Crippen LogP contribution in [0.5, 0.6) is 0 Å². The summed E-state index contributed by atoms with van der Waals surface area (Å²) in [6.07, 6.45) is 3.25. The Bertz CT molecular complexity index is 779. The number of benzene rings is 1. The Labute approximate surface area is 128 Å². The number of aromatic nitrogens is 2. The standard InChI is InChI=1S/C14H17ClN2O3S/c1-20-10-6-9(7-10)17-11-4-3-5-12(21(2,18)19)14(11)16-13(17)8-15/h3-5,9-10H,6-8H2,1-2H3. The van der Waals surface area contributed by atoms with Gasteiger partial charge in [-0.3, -0.25) is 0 Å². The van der Waals surface area contributed by atoms with Crippen LogP contribution in [0.4, 0.5) is 0 Å². The van der Waals surface area contributed by atoms with E-state index in [2.05, 4.69) is 9.55 Å². The summed E-state index contributed by atoms with van der Waals surface area (Å²) in [6.45, 7) is 0. The maximum atomic E-state index is 11.9. The molecule has 2 aromatic rings. The number of hydrogen-bond acceptors (Lipinski definition) is 4. The number of nitrogens with zero attached hydrogens (tertiary/aromatic N) is 2. The van der Waals surface area contributed by atoms with Crippen molar-refractivity contribution in [3.8, 4) is 0 Å². The van der Waals surface area contributed by atoms with Crippen molar-refractivity contribution < 1.29 is 13.2 Å². The van der Waals surface area contributed by atoms with Crippen LogP contribution in [0.2, 0.25) is 0 Å². The highest BCUT2D eigenvalue weighted by Crippen LogP contribution is 2.38. The number of halogens is 1. The summed E-state index contributed by atoms with van der Waals surface area (Å²) in [7, 11) is -1.61. The van der Waals surface area contributed by atoms with Crippen LogP contribution < -0.4 is 0 Å². The molecular formula is C14H17ClN2O3S. The first-order valence-corrected chi connectivity index (χ1v) is 9.17. The Balaban J connectivity index is 2.16. The molecule has 1 heterocycles. The molecule has 1 aromatic carbocycles. The highest BCUT2D eigenvalue weighted by Gasteiger charge is 2.33. The van der Waals surface area contributed by atoms with Crippen molar-refractivity contribution in [2.24, 2.45) is 0 Å². The summed E-state index contributed by atoms with van der Waals surface area (Å²) in [5.74, 6) is 0.966. The Morgan fingerprint density at radius 1 is 1.43 bits per heavy atom. The molecule has 21 heavy (non-hydrogen) atoms. The number of rotatable bonds is 4. The summed E-state index contributed by atoms with van der Waals surface area (Å²) in [4.78, 5) is 4.72. The molecule has 1 aliphatic carbocycles. The third-order valence-electron chi connectivity index (χ3n) is 4.04. The largest absolute Gasteiger partial charge is 0.381 e. The lowest BCUT2D eigenvalue weighted by atomic mass is 9.89. The van der Waals surface area contributed by atoms with E-state index in [4.69, 9.17) is 16.3 Å². The lowest BCUT2D eigenvalue weighted by molar-refractivity contribution is 0.00675. The van der Waals surface area contributed by atoms with E-state index in [1.807, 2.05) is 6.07 Å². The van der Waals surface area contributed by atoms with Gasteiger partial charge in [-0.2, -0.15) is 0 Å². The number of alkyl halides is 1. The molecule has 3 rings (SSSR count). The van der Waals surface area contributed by atoms with Crippen molar-refractivity contribution >= 4 is 32.5 Å². The average molecular weight is 329 g/mol. The smallest absolute Gasteiger partial charge is 0.177 e. The van der Waals surface area contributed by atoms with Crippen LogP contribution in [0.15, 0.2) is 23.1 Å². The molecule has 0 aliphatic heterocycles. The fourth-order valence-electron chi connectivity index (χ4n) is 2.88. The average Bonchev–Trinajstić information content (AvgIpc) is 2.75. The molecule has 0 spiro atoms. The van der Waals surface area contributed by atoms with Gasteiger partial charge in [0, 0.05) is 19.4 Å². The van der Waals surface area contributed by atoms with Crippen LogP contribution in [0.1, 0.15) is 24.7 Å². The van der Waals surface area contributed by atoms with Gasteiger partial charge in [-0.05, 0) is 25.0 Å². The highest BCUT2D eigenvalue weighted by atomic mass is 35.5. The molecule has 0 N–H and O–H groups in total. The zero-order valence-corrected chi connectivity index (χ0v) is 13.5. The second-order valence-electron chi connectivity index (χ2n) is 5.41. The number of imidazole rings is 1. The predicted molar refractivity (Wildman–Crippen MR) is 81.5 cm³/mol. The molecular weight excluding hydrogens is 312 g/mol. The fraction of sp³-hybridized carbons (Fsp3) is 0.500. The Kier molecular flexibility index (Phi) is 3.71. The zero-order valence-electron chi connectivity index (χ0n) is 11.9. The second-order valence-corrected chi connectivity index (χ2v) is 7.66. The Hall–Kier alpha value is -1.11. The molecule has 0 saturated heterocycles. The Morgan fingerprint density at radius 2 is 2.14 bits per heavy atom. The number of hydrogen-bond donors (Lipinski definition) is 0. The van der Waals surface area contributed by atoms with Gasteiger partial charge in [0.15, 0.2) is 9.84 Å². The van der Waals surface area contributed by atoms with Crippen LogP contribution in [0.3, 0.4) is 0 Å². The van der Waals surface area contributed by atoms with E-state index in [1.54, 1.807) is 19.2 Å². The highest BCUT2D eigenvalue weighted by molar-refractivity contribution is 7.91. The van der Waals surface area contributed by atoms with Gasteiger partial charge < -0.3 is 9.30 Å². The van der Waals surface area contributed by atoms with Crippen molar-refractivity contribution in [2.45, 2.75) is 35.8 Å². The van der Waals surface area contributed by atoms with Gasteiger partial charge in [0.25, 0.3) is 0 Å². The van der Waals surface area contributed by atoms with E-state index < -0.39 is 9.84 Å². The normalized spacial score (nSPS) is 22.4. The minimum absolute atomic E-state index is 0.256. The lowest BCUT2D eigenvalue weighted by Crippen LogP contribution is -2.33. The molecule has 0 radical (unpaired) electrons. The molecule has 1 fully saturated rings. The number of para-hydroxylation sites is 1. The van der Waals surface area contributed by atoms with Crippen LogP contribution in [0.25, 0.3) is 11.0 Å². The first-order chi connectivity index (χ1) is 9.95. The molecule has 0 unspecified atom stereocenters. The van der Waals surface area contributed by atoms with E-state index >= 15 is 0 Å². The van der Waals surface area contributed by atoms with Gasteiger partial charge in [-0.1, -0.05) is 6.07 Å². The maximum Gasteiger partial charge on any atom is 0.177 e. The molecule has 1 aliphatic rings. The summed E-state index contributed by atoms with van der Waals surface area (Å²) >= 11 is 6.00. The van der Waals surface area contributed by atoms with E-state index in [0.717, 1.165) is 18.4 Å². The zero-order chi connectivity index (χ0) is 15.2. The number of fused-ring (bicyclic) bond motifs is 1. The van der Waals surface area contributed by atoms with E-state index in [0.29, 0.717) is 11.3 Å². The topological polar surface area (TPSA) is 61.2 Å². The first-order valence-electron chi connectivity index (χ1n) is 6.74. The van der Waals surface area contributed by atoms with Crippen molar-refractivity contribution in [3.63, 3.8) is 0 Å². The molecule has 114 valence electrons. The summed E-state index contributed by atoms with van der Waals surface area (Å²) in [6, 6.07) is 5.50. The third-order valence-corrected chi connectivity index (χ3v) is 5.41. The summed E-state index contributed by atoms with van der Waals surface area (Å²) in [5.41, 5.74) is 1.34. The quantitative estimate of drug-likeness (QED) is 0.809. The molecule has 0 atom stereocenters. The SMILES string of the molecule is COC1CC(n2c(CCl)nc3c(S(C)(=O)=O)cccc32)C1. The maximum absolute atomic E-state index is 11.9. The second kappa shape index (κ2) is 5.26. The number of methoxy groups -OCH3 is 1. The third kappa shape index (κ3) is 2.45. The van der Waals surface area contributed by atoms with Crippen molar-refractivity contribution in [3.05, 3.63) is 24.0 Å². The van der Waals surface area contributed by atoms with Crippen molar-refractivity contribution in [1.82, 2.24) is 9.55 Å². The monoisotopic (exact) mass is 328 g/mol. The number of ether oxygens (including phenoxy) is 1. The lowest BCUT2D eigenvalue weighted by Gasteiger charge is -2.36. The minimum Gasteiger partial charge on any atom is -0.381 e. The van der Waals surface area contributed by atoms with Crippen LogP contribution >= 0.6 is 11.6 Å². The van der Waals surface area contributed by atoms with Gasteiger partial charge >= 0.3 is 0 Å². The van der Waals surface area contributed by atoms with Crippen molar-refractivity contribution in [1.29, 1.82) is 0 Å². The van der Waals surface area contributed by atoms with Gasteiger partial charge in [0.05, 0.1) is 22.4 Å². The number of sulfone groups is 1. The summed E-state index contributed by atoms with van der Waals surface area (Å²) in [5, 5.41) is 0. The summed E-state index contributed by atoms with van der Waals surface area (Å²) < 4.78 is 31.2. The first kappa shape index (κ1) is 14.8. The predicted octanol–water partition coefficient (Wildman–Crippen LogP) is 2.53. The fourth-order valence-corrected chi connectivity index (χ4v) is 3.90. The molecule has 7 heteroatoms. The van der Waals surface area contributed by atoms with E-state index in [9.17, 15) is 8.42 Å². The van der Waals surface area contributed by atoms with Gasteiger partial charge in [0.1, 0.15) is 11.3 Å². The van der Waals surface area contributed by atoms with Crippen molar-refractivity contribution in [2.75, 3.05) is 13.4 Å². The van der Waals surface area contributed by atoms with Crippen LogP contribution in [-0.4, -0.2) is 37.4 Å². The van der Waals surface area contributed by atoms with Gasteiger partial charge in [-0.15, -0.1) is 11.6 Å². The van der Waals surface area contributed by atoms with Gasteiger partial charge in [0.2, 0.25) is 0 Å². The minimum atomic E-state index is -3.31. The van der Waals surface area contributed by atoms with Crippen LogP contribution in [-0.2, 0) is 20.5 Å². The molecule has 0 bridgehead atoms. The van der Waals surface area contributed by atoms with E-state index in [1.165, 1.54) is 6.26 Å². The Morgan fingerprint density at radius 3 is 2.71 bits per heavy atom. The van der Waals surface area contributed by atoms with Gasteiger partial charge in [-0.25, -0.2) is 13.4 Å².